The van der Waals surface area contributed by atoms with Crippen LogP contribution >= 0.6 is 0 Å². The van der Waals surface area contributed by atoms with Gasteiger partial charge in [0.05, 0.1) is 10.8 Å². The fraction of sp³-hybridized carbons (Fsp3) is 0.0667. The van der Waals surface area contributed by atoms with Crippen molar-refractivity contribution in [3.05, 3.63) is 54.2 Å². The van der Waals surface area contributed by atoms with Gasteiger partial charge in [-0.3, -0.25) is 0 Å². The van der Waals surface area contributed by atoms with Gasteiger partial charge in [0, 0.05) is 11.5 Å². The Morgan fingerprint density at radius 2 is 1.50 bits per heavy atom. The van der Waals surface area contributed by atoms with E-state index >= 15 is 0 Å². The van der Waals surface area contributed by atoms with Crippen LogP contribution in [0.25, 0.3) is 21.7 Å². The Hall–Kier alpha value is -2.42. The molecule has 88 valence electrons. The number of carboxylic acid groups (broad SMARTS) is 1. The van der Waals surface area contributed by atoms with Crippen LogP contribution in [0.3, 0.4) is 0 Å². The van der Waals surface area contributed by atoms with Crippen LogP contribution in [-0.4, -0.2) is 5.97 Å². The molecule has 3 aromatic rings. The zero-order valence-electron chi connectivity index (χ0n) is 9.88. The number of para-hydroxylation sites is 1. The van der Waals surface area contributed by atoms with Crippen molar-refractivity contribution in [2.75, 3.05) is 0 Å². The molecule has 2 aromatic carbocycles. The molecule has 1 aromatic heterocycles. The van der Waals surface area contributed by atoms with E-state index in [2.05, 4.69) is 0 Å². The molecule has 3 rings (SSSR count). The molecule has 0 N–H and O–H groups in total. The minimum Gasteiger partial charge on any atom is -0.539 e. The number of aryl methyl sites for hydroxylation is 1. The Labute approximate surface area is 104 Å². The first-order valence-corrected chi connectivity index (χ1v) is 5.71. The number of hydrogen-bond donors (Lipinski definition) is 0. The average Bonchev–Trinajstić information content (AvgIpc) is 2.39. The number of nitrogens with zero attached hydrogens (tertiary/aromatic N) is 1. The van der Waals surface area contributed by atoms with E-state index in [1.807, 2.05) is 48.5 Å². The van der Waals surface area contributed by atoms with Crippen molar-refractivity contribution in [3.63, 3.8) is 0 Å². The Balaban J connectivity index is 2.66. The van der Waals surface area contributed by atoms with Crippen LogP contribution in [0.15, 0.2) is 48.5 Å². The van der Waals surface area contributed by atoms with Crippen molar-refractivity contribution in [2.45, 2.75) is 0 Å². The molecule has 0 spiro atoms. The summed E-state index contributed by atoms with van der Waals surface area (Å²) in [6.45, 7) is 0. The molecule has 0 saturated heterocycles. The number of pyridine rings is 1. The topological polar surface area (TPSA) is 44.0 Å². The molecule has 0 saturated carbocycles. The van der Waals surface area contributed by atoms with E-state index in [0.717, 1.165) is 16.3 Å². The lowest BCUT2D eigenvalue weighted by molar-refractivity contribution is -0.648. The van der Waals surface area contributed by atoms with Crippen molar-refractivity contribution >= 4 is 27.6 Å². The van der Waals surface area contributed by atoms with Crippen LogP contribution in [-0.2, 0) is 7.05 Å². The first-order chi connectivity index (χ1) is 8.70. The van der Waals surface area contributed by atoms with Crippen molar-refractivity contribution in [2.24, 2.45) is 7.05 Å². The van der Waals surface area contributed by atoms with E-state index in [0.29, 0.717) is 5.39 Å². The van der Waals surface area contributed by atoms with Crippen LogP contribution in [0, 0.1) is 0 Å². The lowest BCUT2D eigenvalue weighted by atomic mass is 10.0. The second-order valence-electron chi connectivity index (χ2n) is 4.26. The van der Waals surface area contributed by atoms with E-state index in [4.69, 9.17) is 0 Å². The van der Waals surface area contributed by atoms with Crippen LogP contribution in [0.4, 0.5) is 0 Å². The summed E-state index contributed by atoms with van der Waals surface area (Å²) < 4.78 is 1.67. The maximum Gasteiger partial charge on any atom is 0.236 e. The molecule has 0 aliphatic rings. The predicted molar refractivity (Wildman–Crippen MR) is 67.0 cm³/mol. The Morgan fingerprint density at radius 1 is 0.944 bits per heavy atom. The smallest absolute Gasteiger partial charge is 0.236 e. The number of hydrogen-bond acceptors (Lipinski definition) is 2. The Kier molecular flexibility index (Phi) is 2.27. The van der Waals surface area contributed by atoms with Crippen molar-refractivity contribution in [1.82, 2.24) is 0 Å². The fourth-order valence-corrected chi connectivity index (χ4v) is 2.47. The van der Waals surface area contributed by atoms with E-state index in [-0.39, 0.29) is 5.69 Å². The van der Waals surface area contributed by atoms with Crippen LogP contribution in [0.1, 0.15) is 10.5 Å². The van der Waals surface area contributed by atoms with Crippen molar-refractivity contribution in [3.8, 4) is 0 Å². The minimum absolute atomic E-state index is 0.212. The molecule has 18 heavy (non-hydrogen) atoms. The third kappa shape index (κ3) is 1.37. The lowest BCUT2D eigenvalue weighted by Crippen LogP contribution is -2.42. The molecule has 0 unspecified atom stereocenters. The number of benzene rings is 2. The zero-order chi connectivity index (χ0) is 12.7. The van der Waals surface area contributed by atoms with Crippen LogP contribution in [0.2, 0.25) is 0 Å². The van der Waals surface area contributed by atoms with Gasteiger partial charge in [0.15, 0.2) is 0 Å². The average molecular weight is 237 g/mol. The minimum atomic E-state index is -1.15. The van der Waals surface area contributed by atoms with E-state index in [1.165, 1.54) is 0 Å². The van der Waals surface area contributed by atoms with Crippen LogP contribution in [0.5, 0.6) is 0 Å². The molecule has 0 radical (unpaired) electrons. The largest absolute Gasteiger partial charge is 0.539 e. The van der Waals surface area contributed by atoms with Gasteiger partial charge in [-0.1, -0.05) is 30.3 Å². The highest BCUT2D eigenvalue weighted by molar-refractivity contribution is 6.10. The monoisotopic (exact) mass is 237 g/mol. The van der Waals surface area contributed by atoms with Gasteiger partial charge in [0.25, 0.3) is 0 Å². The number of fused-ring (bicyclic) bond motifs is 3. The van der Waals surface area contributed by atoms with E-state index in [1.54, 1.807) is 11.6 Å². The normalized spacial score (nSPS) is 10.9. The van der Waals surface area contributed by atoms with Gasteiger partial charge in [-0.25, -0.2) is 0 Å². The first-order valence-electron chi connectivity index (χ1n) is 5.71. The van der Waals surface area contributed by atoms with Gasteiger partial charge in [0.1, 0.15) is 13.0 Å². The summed E-state index contributed by atoms with van der Waals surface area (Å²) in [6.07, 6.45) is 0. The number of rotatable bonds is 1. The summed E-state index contributed by atoms with van der Waals surface area (Å²) in [5, 5.41) is 14.0. The Morgan fingerprint density at radius 3 is 2.17 bits per heavy atom. The van der Waals surface area contributed by atoms with Gasteiger partial charge >= 0.3 is 0 Å². The van der Waals surface area contributed by atoms with Gasteiger partial charge < -0.3 is 9.90 Å². The van der Waals surface area contributed by atoms with Gasteiger partial charge in [-0.2, -0.15) is 4.57 Å². The summed E-state index contributed by atoms with van der Waals surface area (Å²) in [5.74, 6) is -1.15. The molecule has 0 aliphatic heterocycles. The molecular formula is C15H11NO2. The molecule has 0 amide bonds. The van der Waals surface area contributed by atoms with Crippen LogP contribution < -0.4 is 9.67 Å². The van der Waals surface area contributed by atoms with E-state index in [9.17, 15) is 9.90 Å². The lowest BCUT2D eigenvalue weighted by Gasteiger charge is -2.09. The van der Waals surface area contributed by atoms with Crippen molar-refractivity contribution < 1.29 is 14.5 Å². The molecule has 1 heterocycles. The first kappa shape index (κ1) is 10.7. The summed E-state index contributed by atoms with van der Waals surface area (Å²) >= 11 is 0. The maximum atomic E-state index is 11.3. The molecule has 0 atom stereocenters. The molecule has 3 heteroatoms. The maximum absolute atomic E-state index is 11.3. The summed E-state index contributed by atoms with van der Waals surface area (Å²) in [6, 6.07) is 15.3. The summed E-state index contributed by atoms with van der Waals surface area (Å²) in [7, 11) is 1.75. The van der Waals surface area contributed by atoms with E-state index < -0.39 is 5.97 Å². The highest BCUT2D eigenvalue weighted by Crippen LogP contribution is 2.24. The third-order valence-corrected chi connectivity index (χ3v) is 3.27. The second-order valence-corrected chi connectivity index (χ2v) is 4.26. The number of carboxylic acids is 1. The molecule has 0 fully saturated rings. The highest BCUT2D eigenvalue weighted by atomic mass is 16.4. The molecule has 0 aliphatic carbocycles. The van der Waals surface area contributed by atoms with Gasteiger partial charge in [-0.05, 0) is 12.1 Å². The number of aromatic carboxylic acids is 1. The predicted octanol–water partition coefficient (Wildman–Crippen LogP) is 1.18. The summed E-state index contributed by atoms with van der Waals surface area (Å²) in [5.41, 5.74) is 1.10. The van der Waals surface area contributed by atoms with Gasteiger partial charge in [0.2, 0.25) is 11.2 Å². The number of aromatic nitrogens is 1. The molecule has 3 nitrogen and oxygen atoms in total. The standard InChI is InChI=1S/C15H11NO2/c1-16-13-9-5-4-7-11(13)10-6-2-3-8-12(10)14(16)15(17)18/h2-9H,1H3. The quantitative estimate of drug-likeness (QED) is 0.471. The zero-order valence-corrected chi connectivity index (χ0v) is 9.88. The Bertz CT molecular complexity index is 778. The number of carbonyl (C=O) groups is 1. The summed E-state index contributed by atoms with van der Waals surface area (Å²) in [4.78, 5) is 11.3. The SMILES string of the molecule is C[n+]1c(C(=O)[O-])c2ccccc2c2ccccc21. The van der Waals surface area contributed by atoms with Crippen molar-refractivity contribution in [1.29, 1.82) is 0 Å². The fourth-order valence-electron chi connectivity index (χ4n) is 2.47. The van der Waals surface area contributed by atoms with Gasteiger partial charge in [-0.15, -0.1) is 0 Å². The third-order valence-electron chi connectivity index (χ3n) is 3.27. The molecular weight excluding hydrogens is 226 g/mol. The molecule has 0 bridgehead atoms. The second kappa shape index (κ2) is 3.81. The number of carbonyl (C=O) groups excluding carboxylic acids is 1. The highest BCUT2D eigenvalue weighted by Gasteiger charge is 2.18.